The molecule has 1 unspecified atom stereocenters. The molecule has 2 N–H and O–H groups in total. The van der Waals surface area contributed by atoms with Crippen LogP contribution in [0, 0.1) is 0 Å². The van der Waals surface area contributed by atoms with Crippen molar-refractivity contribution in [2.75, 3.05) is 7.11 Å². The molecule has 0 aromatic heterocycles. The zero-order valence-corrected chi connectivity index (χ0v) is 12.0. The SMILES string of the molecule is COc1ccc(COc2cccc(CC(C)N)c2)cc1. The third-order valence-electron chi connectivity index (χ3n) is 3.02. The first-order valence-electron chi connectivity index (χ1n) is 6.77. The Morgan fingerprint density at radius 2 is 1.75 bits per heavy atom. The number of methoxy groups -OCH3 is 1. The third-order valence-corrected chi connectivity index (χ3v) is 3.02. The minimum absolute atomic E-state index is 0.159. The van der Waals surface area contributed by atoms with Gasteiger partial charge in [0.2, 0.25) is 0 Å². The van der Waals surface area contributed by atoms with Crippen LogP contribution in [-0.2, 0) is 13.0 Å². The third kappa shape index (κ3) is 4.28. The van der Waals surface area contributed by atoms with E-state index in [4.69, 9.17) is 15.2 Å². The summed E-state index contributed by atoms with van der Waals surface area (Å²) in [6.07, 6.45) is 0.861. The summed E-state index contributed by atoms with van der Waals surface area (Å²) in [6, 6.07) is 16.1. The molecule has 2 rings (SSSR count). The molecule has 0 amide bonds. The maximum absolute atomic E-state index is 5.81. The average Bonchev–Trinajstić information content (AvgIpc) is 2.45. The first-order valence-corrected chi connectivity index (χ1v) is 6.77. The lowest BCUT2D eigenvalue weighted by Crippen LogP contribution is -2.17. The molecule has 0 radical (unpaired) electrons. The van der Waals surface area contributed by atoms with Crippen LogP contribution in [0.4, 0.5) is 0 Å². The predicted molar refractivity (Wildman–Crippen MR) is 81.1 cm³/mol. The van der Waals surface area contributed by atoms with Crippen LogP contribution in [0.15, 0.2) is 48.5 Å². The van der Waals surface area contributed by atoms with E-state index in [0.29, 0.717) is 6.61 Å². The molecule has 2 aromatic rings. The summed E-state index contributed by atoms with van der Waals surface area (Å²) in [5.74, 6) is 1.73. The molecule has 0 aliphatic carbocycles. The van der Waals surface area contributed by atoms with E-state index >= 15 is 0 Å². The van der Waals surface area contributed by atoms with Gasteiger partial charge in [-0.25, -0.2) is 0 Å². The lowest BCUT2D eigenvalue weighted by atomic mass is 10.1. The second-order valence-electron chi connectivity index (χ2n) is 4.97. The van der Waals surface area contributed by atoms with Crippen molar-refractivity contribution in [2.24, 2.45) is 5.73 Å². The highest BCUT2D eigenvalue weighted by molar-refractivity contribution is 5.30. The number of ether oxygens (including phenoxy) is 2. The van der Waals surface area contributed by atoms with Crippen LogP contribution in [0.5, 0.6) is 11.5 Å². The highest BCUT2D eigenvalue weighted by Gasteiger charge is 2.01. The van der Waals surface area contributed by atoms with Crippen LogP contribution in [0.25, 0.3) is 0 Å². The van der Waals surface area contributed by atoms with Crippen molar-refractivity contribution in [2.45, 2.75) is 26.0 Å². The van der Waals surface area contributed by atoms with Gasteiger partial charge in [0, 0.05) is 6.04 Å². The summed E-state index contributed by atoms with van der Waals surface area (Å²) in [5, 5.41) is 0. The van der Waals surface area contributed by atoms with Crippen LogP contribution in [0.2, 0.25) is 0 Å². The fourth-order valence-corrected chi connectivity index (χ4v) is 2.02. The standard InChI is InChI=1S/C17H21NO2/c1-13(18)10-15-4-3-5-17(11-15)20-12-14-6-8-16(19-2)9-7-14/h3-9,11,13H,10,12,18H2,1-2H3. The minimum Gasteiger partial charge on any atom is -0.497 e. The van der Waals surface area contributed by atoms with E-state index in [9.17, 15) is 0 Å². The molecule has 0 heterocycles. The van der Waals surface area contributed by atoms with Gasteiger partial charge in [0.25, 0.3) is 0 Å². The topological polar surface area (TPSA) is 44.5 Å². The summed E-state index contributed by atoms with van der Waals surface area (Å²) in [7, 11) is 1.66. The Bertz CT molecular complexity index is 535. The maximum Gasteiger partial charge on any atom is 0.120 e. The smallest absolute Gasteiger partial charge is 0.120 e. The van der Waals surface area contributed by atoms with E-state index in [2.05, 4.69) is 6.07 Å². The van der Waals surface area contributed by atoms with Gasteiger partial charge in [0.1, 0.15) is 18.1 Å². The van der Waals surface area contributed by atoms with Crippen LogP contribution in [-0.4, -0.2) is 13.2 Å². The molecular formula is C17H21NO2. The van der Waals surface area contributed by atoms with Gasteiger partial charge in [-0.3, -0.25) is 0 Å². The quantitative estimate of drug-likeness (QED) is 0.877. The van der Waals surface area contributed by atoms with Gasteiger partial charge in [-0.05, 0) is 48.7 Å². The van der Waals surface area contributed by atoms with Crippen LogP contribution in [0.1, 0.15) is 18.1 Å². The van der Waals surface area contributed by atoms with Crippen molar-refractivity contribution in [1.29, 1.82) is 0 Å². The van der Waals surface area contributed by atoms with Gasteiger partial charge in [0.15, 0.2) is 0 Å². The monoisotopic (exact) mass is 271 g/mol. The van der Waals surface area contributed by atoms with Crippen molar-refractivity contribution >= 4 is 0 Å². The van der Waals surface area contributed by atoms with Gasteiger partial charge in [-0.1, -0.05) is 24.3 Å². The summed E-state index contributed by atoms with van der Waals surface area (Å²) in [5.41, 5.74) is 8.13. The Labute approximate surface area is 120 Å². The highest BCUT2D eigenvalue weighted by Crippen LogP contribution is 2.17. The molecule has 3 nitrogen and oxygen atoms in total. The van der Waals surface area contributed by atoms with Crippen molar-refractivity contribution in [3.05, 3.63) is 59.7 Å². The summed E-state index contributed by atoms with van der Waals surface area (Å²) < 4.78 is 10.9. The van der Waals surface area contributed by atoms with Gasteiger partial charge in [-0.2, -0.15) is 0 Å². The molecule has 0 spiro atoms. The van der Waals surface area contributed by atoms with Crippen molar-refractivity contribution in [3.8, 4) is 11.5 Å². The van der Waals surface area contributed by atoms with Crippen LogP contribution >= 0.6 is 0 Å². The molecule has 0 aliphatic rings. The Balaban J connectivity index is 1.95. The summed E-state index contributed by atoms with van der Waals surface area (Å²) >= 11 is 0. The molecular weight excluding hydrogens is 250 g/mol. The Hall–Kier alpha value is -2.00. The Morgan fingerprint density at radius 1 is 1.00 bits per heavy atom. The maximum atomic E-state index is 5.81. The van der Waals surface area contributed by atoms with Crippen LogP contribution in [0.3, 0.4) is 0 Å². The van der Waals surface area contributed by atoms with Gasteiger partial charge < -0.3 is 15.2 Å². The number of rotatable bonds is 6. The largest absolute Gasteiger partial charge is 0.497 e. The van der Waals surface area contributed by atoms with Crippen molar-refractivity contribution in [1.82, 2.24) is 0 Å². The molecule has 0 fully saturated rings. The minimum atomic E-state index is 0.159. The number of nitrogens with two attached hydrogens (primary N) is 1. The second kappa shape index (κ2) is 6.96. The molecule has 3 heteroatoms. The molecule has 2 aromatic carbocycles. The number of benzene rings is 2. The fraction of sp³-hybridized carbons (Fsp3) is 0.294. The van der Waals surface area contributed by atoms with Crippen LogP contribution < -0.4 is 15.2 Å². The average molecular weight is 271 g/mol. The van der Waals surface area contributed by atoms with E-state index < -0.39 is 0 Å². The van der Waals surface area contributed by atoms with Gasteiger partial charge in [0.05, 0.1) is 7.11 Å². The van der Waals surface area contributed by atoms with Crippen molar-refractivity contribution < 1.29 is 9.47 Å². The van der Waals surface area contributed by atoms with E-state index in [1.807, 2.05) is 49.4 Å². The van der Waals surface area contributed by atoms with E-state index in [-0.39, 0.29) is 6.04 Å². The molecule has 0 saturated carbocycles. The Kier molecular flexibility index (Phi) is 5.02. The van der Waals surface area contributed by atoms with E-state index in [1.54, 1.807) is 7.11 Å². The number of hydrogen-bond acceptors (Lipinski definition) is 3. The van der Waals surface area contributed by atoms with Crippen molar-refractivity contribution in [3.63, 3.8) is 0 Å². The van der Waals surface area contributed by atoms with Gasteiger partial charge in [-0.15, -0.1) is 0 Å². The normalized spacial score (nSPS) is 11.9. The number of hydrogen-bond donors (Lipinski definition) is 1. The first-order chi connectivity index (χ1) is 9.67. The Morgan fingerprint density at radius 3 is 2.40 bits per heavy atom. The first kappa shape index (κ1) is 14.4. The van der Waals surface area contributed by atoms with E-state index in [1.165, 1.54) is 5.56 Å². The highest BCUT2D eigenvalue weighted by atomic mass is 16.5. The summed E-state index contributed by atoms with van der Waals surface area (Å²) in [6.45, 7) is 2.55. The molecule has 106 valence electrons. The lowest BCUT2D eigenvalue weighted by molar-refractivity contribution is 0.305. The molecule has 0 aliphatic heterocycles. The van der Waals surface area contributed by atoms with E-state index in [0.717, 1.165) is 23.5 Å². The lowest BCUT2D eigenvalue weighted by Gasteiger charge is -2.10. The molecule has 20 heavy (non-hydrogen) atoms. The fourth-order valence-electron chi connectivity index (χ4n) is 2.02. The molecule has 1 atom stereocenters. The molecule has 0 bridgehead atoms. The zero-order valence-electron chi connectivity index (χ0n) is 12.0. The second-order valence-corrected chi connectivity index (χ2v) is 4.97. The molecule has 0 saturated heterocycles. The zero-order chi connectivity index (χ0) is 14.4. The van der Waals surface area contributed by atoms with Gasteiger partial charge >= 0.3 is 0 Å². The summed E-state index contributed by atoms with van der Waals surface area (Å²) in [4.78, 5) is 0. The predicted octanol–water partition coefficient (Wildman–Crippen LogP) is 3.16.